The first-order valence-electron chi connectivity index (χ1n) is 8.82. The van der Waals surface area contributed by atoms with Crippen LogP contribution in [0.4, 0.5) is 0 Å². The highest BCUT2D eigenvalue weighted by Gasteiger charge is 2.25. The lowest BCUT2D eigenvalue weighted by Crippen LogP contribution is -2.47. The number of hydrogen-bond acceptors (Lipinski definition) is 4. The van der Waals surface area contributed by atoms with Gasteiger partial charge in [-0.1, -0.05) is 30.3 Å². The predicted molar refractivity (Wildman–Crippen MR) is 98.8 cm³/mol. The number of hydrogen-bond donors (Lipinski definition) is 1. The van der Waals surface area contributed by atoms with Crippen molar-refractivity contribution in [3.05, 3.63) is 60.4 Å². The Morgan fingerprint density at radius 3 is 2.76 bits per heavy atom. The van der Waals surface area contributed by atoms with Crippen molar-refractivity contribution in [3.8, 4) is 0 Å². The zero-order chi connectivity index (χ0) is 17.5. The van der Waals surface area contributed by atoms with Crippen LogP contribution < -0.4 is 4.72 Å². The first-order valence-corrected chi connectivity index (χ1v) is 10.3. The molecule has 3 rings (SSSR count). The van der Waals surface area contributed by atoms with Crippen LogP contribution in [0.5, 0.6) is 0 Å². The van der Waals surface area contributed by atoms with Crippen molar-refractivity contribution >= 4 is 10.0 Å². The molecule has 1 N–H and O–H groups in total. The van der Waals surface area contributed by atoms with Gasteiger partial charge in [-0.25, -0.2) is 13.1 Å². The van der Waals surface area contributed by atoms with Crippen molar-refractivity contribution in [1.29, 1.82) is 0 Å². The van der Waals surface area contributed by atoms with Gasteiger partial charge in [0.15, 0.2) is 0 Å². The first-order chi connectivity index (χ1) is 12.1. The molecule has 0 bridgehead atoms. The third-order valence-electron chi connectivity index (χ3n) is 4.55. The van der Waals surface area contributed by atoms with Crippen LogP contribution in [0.2, 0.25) is 0 Å². The van der Waals surface area contributed by atoms with Crippen LogP contribution in [0.15, 0.2) is 59.8 Å². The summed E-state index contributed by atoms with van der Waals surface area (Å²) >= 11 is 0. The van der Waals surface area contributed by atoms with Crippen LogP contribution in [0, 0.1) is 0 Å². The summed E-state index contributed by atoms with van der Waals surface area (Å²) in [5.74, 6) is 0. The van der Waals surface area contributed by atoms with Gasteiger partial charge in [0.05, 0.1) is 0 Å². The summed E-state index contributed by atoms with van der Waals surface area (Å²) in [6.45, 7) is 2.81. The molecule has 5 nitrogen and oxygen atoms in total. The Bertz CT molecular complexity index is 751. The lowest BCUT2D eigenvalue weighted by atomic mass is 10.1. The monoisotopic (exact) mass is 359 g/mol. The predicted octanol–water partition coefficient (Wildman–Crippen LogP) is 2.46. The molecular formula is C19H25N3O2S. The summed E-state index contributed by atoms with van der Waals surface area (Å²) in [5, 5.41) is 0. The number of nitrogens with zero attached hydrogens (tertiary/aromatic N) is 2. The van der Waals surface area contributed by atoms with Crippen LogP contribution in [0.25, 0.3) is 0 Å². The third kappa shape index (κ3) is 5.36. The van der Waals surface area contributed by atoms with E-state index in [2.05, 4.69) is 38.9 Å². The highest BCUT2D eigenvalue weighted by molar-refractivity contribution is 7.89. The molecule has 0 amide bonds. The molecule has 0 radical (unpaired) electrons. The van der Waals surface area contributed by atoms with Crippen molar-refractivity contribution in [3.63, 3.8) is 0 Å². The zero-order valence-electron chi connectivity index (χ0n) is 14.3. The lowest BCUT2D eigenvalue weighted by molar-refractivity contribution is 0.200. The van der Waals surface area contributed by atoms with Gasteiger partial charge in [-0.15, -0.1) is 0 Å². The number of benzene rings is 1. The van der Waals surface area contributed by atoms with Gasteiger partial charge in [-0.2, -0.15) is 0 Å². The standard InChI is InChI=1S/C19H25N3O2S/c23-25(24,19-11-4-12-20-15-19)21-18-10-6-14-22(16-18)13-5-9-17-7-2-1-3-8-17/h1-4,7-8,11-12,15,18,21H,5-6,9-10,13-14,16H2. The number of sulfonamides is 1. The normalized spacial score (nSPS) is 19.0. The molecule has 1 fully saturated rings. The fourth-order valence-corrected chi connectivity index (χ4v) is 4.52. The van der Waals surface area contributed by atoms with E-state index in [4.69, 9.17) is 0 Å². The maximum atomic E-state index is 12.4. The Morgan fingerprint density at radius 2 is 2.00 bits per heavy atom. The van der Waals surface area contributed by atoms with E-state index in [1.165, 1.54) is 11.8 Å². The van der Waals surface area contributed by atoms with Gasteiger partial charge in [0.1, 0.15) is 4.90 Å². The molecule has 2 heterocycles. The van der Waals surface area contributed by atoms with Crippen molar-refractivity contribution in [2.75, 3.05) is 19.6 Å². The number of aryl methyl sites for hydroxylation is 1. The fourth-order valence-electron chi connectivity index (χ4n) is 3.30. The molecule has 1 aromatic carbocycles. The Labute approximate surface area is 150 Å². The molecule has 0 spiro atoms. The van der Waals surface area contributed by atoms with E-state index >= 15 is 0 Å². The van der Waals surface area contributed by atoms with Crippen LogP contribution in [0.1, 0.15) is 24.8 Å². The second-order valence-electron chi connectivity index (χ2n) is 6.54. The van der Waals surface area contributed by atoms with E-state index in [0.717, 1.165) is 45.3 Å². The van der Waals surface area contributed by atoms with Gasteiger partial charge in [0.2, 0.25) is 10.0 Å². The highest BCUT2D eigenvalue weighted by atomic mass is 32.2. The Kier molecular flexibility index (Phi) is 6.18. The van der Waals surface area contributed by atoms with Crippen molar-refractivity contribution < 1.29 is 8.42 Å². The molecule has 25 heavy (non-hydrogen) atoms. The minimum atomic E-state index is -3.49. The highest BCUT2D eigenvalue weighted by Crippen LogP contribution is 2.15. The number of aromatic nitrogens is 1. The van der Waals surface area contributed by atoms with Crippen molar-refractivity contribution in [2.24, 2.45) is 0 Å². The number of nitrogens with one attached hydrogen (secondary N) is 1. The average Bonchev–Trinajstić information content (AvgIpc) is 2.63. The van der Waals surface area contributed by atoms with E-state index in [9.17, 15) is 8.42 Å². The van der Waals surface area contributed by atoms with Gasteiger partial charge in [-0.05, 0) is 56.5 Å². The minimum absolute atomic E-state index is 0.0318. The SMILES string of the molecule is O=S(=O)(NC1CCCN(CCCc2ccccc2)C1)c1cccnc1. The topological polar surface area (TPSA) is 62.3 Å². The van der Waals surface area contributed by atoms with Crippen molar-refractivity contribution in [2.45, 2.75) is 36.6 Å². The van der Waals surface area contributed by atoms with Crippen LogP contribution in [-0.2, 0) is 16.4 Å². The molecule has 1 unspecified atom stereocenters. The third-order valence-corrected chi connectivity index (χ3v) is 6.06. The molecule has 1 saturated heterocycles. The van der Waals surface area contributed by atoms with E-state index < -0.39 is 10.0 Å². The molecule has 1 aromatic heterocycles. The van der Waals surface area contributed by atoms with Crippen molar-refractivity contribution in [1.82, 2.24) is 14.6 Å². The molecular weight excluding hydrogens is 334 g/mol. The first kappa shape index (κ1) is 18.0. The minimum Gasteiger partial charge on any atom is -0.302 e. The Morgan fingerprint density at radius 1 is 1.16 bits per heavy atom. The Balaban J connectivity index is 1.49. The average molecular weight is 359 g/mol. The fraction of sp³-hybridized carbons (Fsp3) is 0.421. The smallest absolute Gasteiger partial charge is 0.242 e. The summed E-state index contributed by atoms with van der Waals surface area (Å²) in [4.78, 5) is 6.50. The number of pyridine rings is 1. The molecule has 134 valence electrons. The second kappa shape index (κ2) is 8.56. The van der Waals surface area contributed by atoms with Crippen LogP contribution >= 0.6 is 0 Å². The Hall–Kier alpha value is -1.76. The van der Waals surface area contributed by atoms with Gasteiger partial charge in [0.25, 0.3) is 0 Å². The molecule has 2 aromatic rings. The maximum Gasteiger partial charge on any atom is 0.242 e. The largest absolute Gasteiger partial charge is 0.302 e. The van der Waals surface area contributed by atoms with E-state index in [-0.39, 0.29) is 10.9 Å². The number of likely N-dealkylation sites (tertiary alicyclic amines) is 1. The zero-order valence-corrected chi connectivity index (χ0v) is 15.2. The molecule has 1 aliphatic rings. The van der Waals surface area contributed by atoms with Gasteiger partial charge < -0.3 is 4.90 Å². The van der Waals surface area contributed by atoms with Crippen LogP contribution in [0.3, 0.4) is 0 Å². The lowest BCUT2D eigenvalue weighted by Gasteiger charge is -2.33. The summed E-state index contributed by atoms with van der Waals surface area (Å²) in [6.07, 6.45) is 7.02. The molecule has 1 atom stereocenters. The number of piperidine rings is 1. The summed E-state index contributed by atoms with van der Waals surface area (Å²) in [7, 11) is -3.49. The number of rotatable bonds is 7. The maximum absolute atomic E-state index is 12.4. The molecule has 0 saturated carbocycles. The quantitative estimate of drug-likeness (QED) is 0.825. The summed E-state index contributed by atoms with van der Waals surface area (Å²) in [5.41, 5.74) is 1.35. The van der Waals surface area contributed by atoms with Gasteiger partial charge >= 0.3 is 0 Å². The summed E-state index contributed by atoms with van der Waals surface area (Å²) < 4.78 is 27.7. The van der Waals surface area contributed by atoms with E-state index in [1.807, 2.05) is 6.07 Å². The van der Waals surface area contributed by atoms with E-state index in [1.54, 1.807) is 18.3 Å². The summed E-state index contributed by atoms with van der Waals surface area (Å²) in [6, 6.07) is 13.7. The van der Waals surface area contributed by atoms with Crippen LogP contribution in [-0.4, -0.2) is 44.0 Å². The van der Waals surface area contributed by atoms with Gasteiger partial charge in [0, 0.05) is 25.0 Å². The molecule has 6 heteroatoms. The molecule has 1 aliphatic heterocycles. The second-order valence-corrected chi connectivity index (χ2v) is 8.25. The van der Waals surface area contributed by atoms with Gasteiger partial charge in [-0.3, -0.25) is 4.98 Å². The molecule has 0 aliphatic carbocycles. The van der Waals surface area contributed by atoms with E-state index in [0.29, 0.717) is 0 Å².